The summed E-state index contributed by atoms with van der Waals surface area (Å²) < 4.78 is 2.02. The summed E-state index contributed by atoms with van der Waals surface area (Å²) in [5.41, 5.74) is 4.85. The molecule has 0 aliphatic carbocycles. The highest BCUT2D eigenvalue weighted by molar-refractivity contribution is 6.30. The zero-order valence-corrected chi connectivity index (χ0v) is 19.4. The Balaban J connectivity index is 1.41. The van der Waals surface area contributed by atoms with Crippen LogP contribution < -0.4 is 16.0 Å². The van der Waals surface area contributed by atoms with E-state index in [1.807, 2.05) is 89.8 Å². The highest BCUT2D eigenvalue weighted by atomic mass is 35.5. The predicted molar refractivity (Wildman–Crippen MR) is 136 cm³/mol. The van der Waals surface area contributed by atoms with Gasteiger partial charge in [0.2, 0.25) is 5.91 Å². The number of aromatic nitrogens is 1. The van der Waals surface area contributed by atoms with Gasteiger partial charge < -0.3 is 20.5 Å². The van der Waals surface area contributed by atoms with Gasteiger partial charge in [0, 0.05) is 52.6 Å². The molecule has 33 heavy (non-hydrogen) atoms. The number of benzene rings is 3. The summed E-state index contributed by atoms with van der Waals surface area (Å²) in [7, 11) is 0. The molecule has 1 heterocycles. The lowest BCUT2D eigenvalue weighted by Crippen LogP contribution is -2.29. The Kier molecular flexibility index (Phi) is 7.55. The Morgan fingerprint density at radius 1 is 0.727 bits per heavy atom. The Hall–Kier alpha value is -3.41. The number of halogens is 2. The number of carbonyl (C=O) groups excluding carboxylic acids is 1. The van der Waals surface area contributed by atoms with Crippen molar-refractivity contribution in [2.24, 2.45) is 0 Å². The maximum absolute atomic E-state index is 12.4. The number of rotatable bonds is 9. The van der Waals surface area contributed by atoms with Crippen LogP contribution in [0.15, 0.2) is 91.3 Å². The summed E-state index contributed by atoms with van der Waals surface area (Å²) >= 11 is 12.0. The third-order valence-corrected chi connectivity index (χ3v) is 5.55. The Morgan fingerprint density at radius 3 is 2.18 bits per heavy atom. The van der Waals surface area contributed by atoms with E-state index >= 15 is 0 Å². The molecule has 4 aromatic rings. The molecule has 0 bridgehead atoms. The second-order valence-electron chi connectivity index (χ2n) is 7.60. The van der Waals surface area contributed by atoms with Crippen LogP contribution in [0.3, 0.4) is 0 Å². The van der Waals surface area contributed by atoms with Crippen molar-refractivity contribution in [1.82, 2.24) is 9.88 Å². The largest absolute Gasteiger partial charge is 0.381 e. The monoisotopic (exact) mass is 478 g/mol. The fraction of sp³-hybridized carbons (Fsp3) is 0.115. The molecule has 0 radical (unpaired) electrons. The van der Waals surface area contributed by atoms with Crippen molar-refractivity contribution in [2.45, 2.75) is 13.1 Å². The van der Waals surface area contributed by atoms with Gasteiger partial charge >= 0.3 is 0 Å². The lowest BCUT2D eigenvalue weighted by atomic mass is 10.2. The van der Waals surface area contributed by atoms with Crippen molar-refractivity contribution in [3.05, 3.63) is 112 Å². The molecule has 4 rings (SSSR count). The first-order valence-electron chi connectivity index (χ1n) is 10.6. The van der Waals surface area contributed by atoms with Crippen LogP contribution >= 0.6 is 23.2 Å². The van der Waals surface area contributed by atoms with Crippen LogP contribution in [0.5, 0.6) is 0 Å². The molecule has 0 aliphatic heterocycles. The third kappa shape index (κ3) is 6.78. The number of hydrogen-bond acceptors (Lipinski definition) is 3. The van der Waals surface area contributed by atoms with Crippen molar-refractivity contribution >= 4 is 40.5 Å². The molecule has 0 saturated heterocycles. The normalized spacial score (nSPS) is 10.6. The van der Waals surface area contributed by atoms with E-state index in [1.165, 1.54) is 0 Å². The molecule has 0 unspecified atom stereocenters. The van der Waals surface area contributed by atoms with Crippen LogP contribution in [-0.4, -0.2) is 17.0 Å². The van der Waals surface area contributed by atoms with Gasteiger partial charge in [0.1, 0.15) is 0 Å². The topological polar surface area (TPSA) is 58.1 Å². The molecule has 0 fully saturated rings. The summed E-state index contributed by atoms with van der Waals surface area (Å²) in [4.78, 5) is 12.4. The Labute approximate surface area is 203 Å². The summed E-state index contributed by atoms with van der Waals surface area (Å²) in [6.07, 6.45) is 3.97. The lowest BCUT2D eigenvalue weighted by Gasteiger charge is -2.14. The van der Waals surface area contributed by atoms with Crippen LogP contribution in [0.1, 0.15) is 11.1 Å². The van der Waals surface area contributed by atoms with Crippen molar-refractivity contribution < 1.29 is 4.79 Å². The highest BCUT2D eigenvalue weighted by Gasteiger charge is 2.06. The molecule has 3 N–H and O–H groups in total. The summed E-state index contributed by atoms with van der Waals surface area (Å²) in [6.45, 7) is 1.25. The van der Waals surface area contributed by atoms with Gasteiger partial charge in [0.15, 0.2) is 0 Å². The average molecular weight is 479 g/mol. The number of carbonyl (C=O) groups is 1. The van der Waals surface area contributed by atoms with Gasteiger partial charge in [-0.15, -0.1) is 0 Å². The molecule has 0 atom stereocenters. The van der Waals surface area contributed by atoms with E-state index in [-0.39, 0.29) is 12.5 Å². The number of nitrogens with one attached hydrogen (secondary N) is 3. The quantitative estimate of drug-likeness (QED) is 0.271. The van der Waals surface area contributed by atoms with Crippen LogP contribution in [0.25, 0.3) is 5.69 Å². The van der Waals surface area contributed by atoms with Crippen LogP contribution in [-0.2, 0) is 17.9 Å². The number of anilines is 2. The average Bonchev–Trinajstić information content (AvgIpc) is 3.36. The molecule has 1 amide bonds. The molecule has 0 spiro atoms. The molecular weight excluding hydrogens is 455 g/mol. The standard InChI is InChI=1S/C26H24Cl2N4O/c27-21-8-6-19(7-9-21)16-31-26(33)18-30-24-13-23(14-25(15-24)32-10-1-2-11-32)29-17-20-4-3-5-22(28)12-20/h1-15,29-30H,16-18H2,(H,31,33). The first-order valence-corrected chi connectivity index (χ1v) is 11.3. The van der Waals surface area contributed by atoms with Gasteiger partial charge in [-0.25, -0.2) is 0 Å². The van der Waals surface area contributed by atoms with Crippen LogP contribution in [0.4, 0.5) is 11.4 Å². The van der Waals surface area contributed by atoms with Gasteiger partial charge in [-0.2, -0.15) is 0 Å². The molecule has 168 valence electrons. The fourth-order valence-corrected chi connectivity index (χ4v) is 3.71. The minimum atomic E-state index is -0.0928. The van der Waals surface area contributed by atoms with Crippen molar-refractivity contribution in [3.8, 4) is 5.69 Å². The van der Waals surface area contributed by atoms with E-state index in [4.69, 9.17) is 23.2 Å². The van der Waals surface area contributed by atoms with Gasteiger partial charge in [0.25, 0.3) is 0 Å². The van der Waals surface area contributed by atoms with E-state index in [2.05, 4.69) is 22.0 Å². The van der Waals surface area contributed by atoms with E-state index in [0.717, 1.165) is 28.2 Å². The SMILES string of the molecule is O=C(CNc1cc(NCc2cccc(Cl)c2)cc(-n2cccc2)c1)NCc1ccc(Cl)cc1. The summed E-state index contributed by atoms with van der Waals surface area (Å²) in [5, 5.41) is 11.0. The van der Waals surface area contributed by atoms with E-state index in [9.17, 15) is 4.79 Å². The van der Waals surface area contributed by atoms with Gasteiger partial charge in [-0.3, -0.25) is 4.79 Å². The van der Waals surface area contributed by atoms with Crippen molar-refractivity contribution in [2.75, 3.05) is 17.2 Å². The Bertz CT molecular complexity index is 1210. The van der Waals surface area contributed by atoms with Crippen LogP contribution in [0, 0.1) is 0 Å². The first kappa shape index (κ1) is 22.8. The maximum atomic E-state index is 12.4. The molecule has 7 heteroatoms. The smallest absolute Gasteiger partial charge is 0.239 e. The van der Waals surface area contributed by atoms with E-state index in [1.54, 1.807) is 0 Å². The Morgan fingerprint density at radius 2 is 1.45 bits per heavy atom. The molecular formula is C26H24Cl2N4O. The fourth-order valence-electron chi connectivity index (χ4n) is 3.37. The van der Waals surface area contributed by atoms with Crippen LogP contribution in [0.2, 0.25) is 10.0 Å². The zero-order valence-electron chi connectivity index (χ0n) is 17.9. The minimum absolute atomic E-state index is 0.0928. The van der Waals surface area contributed by atoms with Crippen molar-refractivity contribution in [3.63, 3.8) is 0 Å². The second-order valence-corrected chi connectivity index (χ2v) is 8.47. The van der Waals surface area contributed by atoms with E-state index < -0.39 is 0 Å². The van der Waals surface area contributed by atoms with Gasteiger partial charge in [0.05, 0.1) is 6.54 Å². The number of hydrogen-bond donors (Lipinski definition) is 3. The first-order chi connectivity index (χ1) is 16.0. The van der Waals surface area contributed by atoms with Gasteiger partial charge in [-0.1, -0.05) is 47.5 Å². The lowest BCUT2D eigenvalue weighted by molar-refractivity contribution is -0.119. The van der Waals surface area contributed by atoms with Crippen molar-refractivity contribution in [1.29, 1.82) is 0 Å². The van der Waals surface area contributed by atoms with Gasteiger partial charge in [-0.05, 0) is 65.7 Å². The molecule has 0 saturated carbocycles. The predicted octanol–water partition coefficient (Wildman–Crippen LogP) is 6.12. The minimum Gasteiger partial charge on any atom is -0.381 e. The maximum Gasteiger partial charge on any atom is 0.239 e. The highest BCUT2D eigenvalue weighted by Crippen LogP contribution is 2.23. The molecule has 0 aliphatic rings. The number of amides is 1. The summed E-state index contributed by atoms with van der Waals surface area (Å²) in [5.74, 6) is -0.0928. The molecule has 5 nitrogen and oxygen atoms in total. The number of nitrogens with zero attached hydrogens (tertiary/aromatic N) is 1. The summed E-state index contributed by atoms with van der Waals surface area (Å²) in [6, 6.07) is 25.2. The molecule has 3 aromatic carbocycles. The zero-order chi connectivity index (χ0) is 23.0. The molecule has 1 aromatic heterocycles. The second kappa shape index (κ2) is 10.9. The third-order valence-electron chi connectivity index (χ3n) is 5.06. The van der Waals surface area contributed by atoms with E-state index in [0.29, 0.717) is 23.1 Å².